The highest BCUT2D eigenvalue weighted by molar-refractivity contribution is 6.42. The van der Waals surface area contributed by atoms with Crippen LogP contribution in [0.1, 0.15) is 0 Å². The van der Waals surface area contributed by atoms with Gasteiger partial charge in [0, 0.05) is 0 Å². The number of amides is 1. The molecule has 0 spiro atoms. The number of halogens is 3. The summed E-state index contributed by atoms with van der Waals surface area (Å²) in [4.78, 5) is 19.5. The summed E-state index contributed by atoms with van der Waals surface area (Å²) in [5.41, 5.74) is 6.35. The molecule has 0 unspecified atom stereocenters. The molecule has 7 nitrogen and oxygen atoms in total. The van der Waals surface area contributed by atoms with E-state index in [1.807, 2.05) is 0 Å². The molecule has 0 atom stereocenters. The van der Waals surface area contributed by atoms with E-state index < -0.39 is 0 Å². The lowest BCUT2D eigenvalue weighted by atomic mass is 10.3. The molecule has 3 aromatic rings. The van der Waals surface area contributed by atoms with Crippen molar-refractivity contribution in [2.45, 2.75) is 0 Å². The summed E-state index contributed by atoms with van der Waals surface area (Å²) in [6, 6.07) is 5.12. The topological polar surface area (TPSA) is 84.7 Å². The van der Waals surface area contributed by atoms with Gasteiger partial charge in [-0.2, -0.15) is 5.10 Å². The Bertz CT molecular complexity index is 881. The number of alkyl halides is 1. The van der Waals surface area contributed by atoms with E-state index in [2.05, 4.69) is 25.9 Å². The Kier molecular flexibility index (Phi) is 4.51. The van der Waals surface area contributed by atoms with Gasteiger partial charge in [0.15, 0.2) is 11.5 Å². The summed E-state index contributed by atoms with van der Waals surface area (Å²) < 4.78 is 1.59. The number of fused-ring (bicyclic) bond motifs is 1. The SMILES string of the molecule is O=C(CCl)NNc1ncnc2c1cnn2-c1ccc(Cl)c(Cl)c1. The Balaban J connectivity index is 2.00. The maximum absolute atomic E-state index is 11.2. The van der Waals surface area contributed by atoms with Gasteiger partial charge in [-0.05, 0) is 18.2 Å². The highest BCUT2D eigenvalue weighted by Crippen LogP contribution is 2.26. The summed E-state index contributed by atoms with van der Waals surface area (Å²) >= 11 is 17.4. The van der Waals surface area contributed by atoms with Crippen molar-refractivity contribution >= 4 is 57.6 Å². The number of nitrogens with one attached hydrogen (secondary N) is 2. The Morgan fingerprint density at radius 2 is 2.04 bits per heavy atom. The molecule has 3 rings (SSSR count). The third kappa shape index (κ3) is 3.17. The van der Waals surface area contributed by atoms with Gasteiger partial charge in [0.25, 0.3) is 5.91 Å². The smallest absolute Gasteiger partial charge is 0.253 e. The van der Waals surface area contributed by atoms with E-state index in [0.29, 0.717) is 32.6 Å². The third-order valence-corrected chi connectivity index (χ3v) is 3.94. The van der Waals surface area contributed by atoms with E-state index in [1.165, 1.54) is 6.33 Å². The van der Waals surface area contributed by atoms with Gasteiger partial charge >= 0.3 is 0 Å². The maximum atomic E-state index is 11.2. The first-order chi connectivity index (χ1) is 11.1. The van der Waals surface area contributed by atoms with Crippen LogP contribution in [-0.4, -0.2) is 31.5 Å². The van der Waals surface area contributed by atoms with Crippen molar-refractivity contribution in [3.8, 4) is 5.69 Å². The first-order valence-corrected chi connectivity index (χ1v) is 7.64. The van der Waals surface area contributed by atoms with Gasteiger partial charge in [-0.1, -0.05) is 23.2 Å². The average molecular weight is 372 g/mol. The second-order valence-corrected chi connectivity index (χ2v) is 5.50. The molecule has 1 amide bonds. The predicted molar refractivity (Wildman–Crippen MR) is 89.2 cm³/mol. The summed E-state index contributed by atoms with van der Waals surface area (Å²) in [6.45, 7) is 0. The second-order valence-electron chi connectivity index (χ2n) is 4.42. The normalized spacial score (nSPS) is 10.7. The van der Waals surface area contributed by atoms with E-state index in [0.717, 1.165) is 0 Å². The fraction of sp³-hybridized carbons (Fsp3) is 0.0769. The van der Waals surface area contributed by atoms with Crippen molar-refractivity contribution < 1.29 is 4.79 Å². The first-order valence-electron chi connectivity index (χ1n) is 6.35. The van der Waals surface area contributed by atoms with Crippen LogP contribution in [-0.2, 0) is 4.79 Å². The minimum absolute atomic E-state index is 0.163. The average Bonchev–Trinajstić information content (AvgIpc) is 2.99. The molecule has 0 aliphatic heterocycles. The fourth-order valence-corrected chi connectivity index (χ4v) is 2.27. The summed E-state index contributed by atoms with van der Waals surface area (Å²) in [5.74, 6) is -0.140. The highest BCUT2D eigenvalue weighted by Gasteiger charge is 2.12. The quantitative estimate of drug-likeness (QED) is 0.544. The van der Waals surface area contributed by atoms with Crippen LogP contribution in [0.15, 0.2) is 30.7 Å². The standard InChI is InChI=1S/C13H9Cl3N6O/c14-4-11(23)20-21-12-8-5-19-22(13(8)18-6-17-12)7-1-2-9(15)10(16)3-7/h1-3,5-6H,4H2,(H,20,23)(H,17,18,21). The van der Waals surface area contributed by atoms with Crippen molar-refractivity contribution in [1.29, 1.82) is 0 Å². The number of benzene rings is 1. The predicted octanol–water partition coefficient (Wildman–Crippen LogP) is 2.80. The molecule has 118 valence electrons. The van der Waals surface area contributed by atoms with Crippen LogP contribution < -0.4 is 10.9 Å². The molecular formula is C13H9Cl3N6O. The third-order valence-electron chi connectivity index (χ3n) is 2.96. The van der Waals surface area contributed by atoms with Crippen LogP contribution >= 0.6 is 34.8 Å². The van der Waals surface area contributed by atoms with Crippen molar-refractivity contribution in [2.24, 2.45) is 0 Å². The minimum Gasteiger partial charge on any atom is -0.281 e. The molecule has 23 heavy (non-hydrogen) atoms. The number of hydrogen-bond acceptors (Lipinski definition) is 5. The molecule has 0 aliphatic rings. The van der Waals surface area contributed by atoms with Gasteiger partial charge in [-0.25, -0.2) is 14.6 Å². The van der Waals surface area contributed by atoms with Crippen LogP contribution in [0.2, 0.25) is 10.0 Å². The molecule has 0 radical (unpaired) electrons. The number of carbonyl (C=O) groups excluding carboxylic acids is 1. The molecule has 0 bridgehead atoms. The highest BCUT2D eigenvalue weighted by atomic mass is 35.5. The van der Waals surface area contributed by atoms with E-state index in [4.69, 9.17) is 34.8 Å². The lowest BCUT2D eigenvalue weighted by Gasteiger charge is -2.07. The second kappa shape index (κ2) is 6.57. The summed E-state index contributed by atoms with van der Waals surface area (Å²) in [6.07, 6.45) is 2.93. The molecule has 0 aliphatic carbocycles. The minimum atomic E-state index is -0.379. The number of nitrogens with zero attached hydrogens (tertiary/aromatic N) is 4. The molecule has 2 aromatic heterocycles. The van der Waals surface area contributed by atoms with Crippen molar-refractivity contribution in [3.63, 3.8) is 0 Å². The van der Waals surface area contributed by atoms with Crippen molar-refractivity contribution in [3.05, 3.63) is 40.8 Å². The lowest BCUT2D eigenvalue weighted by Crippen LogP contribution is -2.30. The number of hydrogen-bond donors (Lipinski definition) is 2. The van der Waals surface area contributed by atoms with Crippen LogP contribution in [0.5, 0.6) is 0 Å². The van der Waals surface area contributed by atoms with Gasteiger partial charge in [0.1, 0.15) is 12.2 Å². The molecule has 0 saturated heterocycles. The molecule has 0 fully saturated rings. The number of anilines is 1. The fourth-order valence-electron chi connectivity index (χ4n) is 1.91. The number of aromatic nitrogens is 4. The Morgan fingerprint density at radius 1 is 1.22 bits per heavy atom. The lowest BCUT2D eigenvalue weighted by molar-refractivity contribution is -0.118. The van der Waals surface area contributed by atoms with E-state index in [9.17, 15) is 4.79 Å². The van der Waals surface area contributed by atoms with E-state index >= 15 is 0 Å². The van der Waals surface area contributed by atoms with Gasteiger partial charge in [-0.3, -0.25) is 15.6 Å². The monoisotopic (exact) mass is 370 g/mol. The van der Waals surface area contributed by atoms with E-state index in [1.54, 1.807) is 29.1 Å². The van der Waals surface area contributed by atoms with Gasteiger partial charge in [0.05, 0.1) is 27.3 Å². The van der Waals surface area contributed by atoms with Crippen LogP contribution in [0.25, 0.3) is 16.7 Å². The van der Waals surface area contributed by atoms with Crippen molar-refractivity contribution in [1.82, 2.24) is 25.2 Å². The van der Waals surface area contributed by atoms with Crippen molar-refractivity contribution in [2.75, 3.05) is 11.3 Å². The Labute approximate surface area is 145 Å². The largest absolute Gasteiger partial charge is 0.281 e. The number of carbonyl (C=O) groups is 1. The zero-order valence-electron chi connectivity index (χ0n) is 11.4. The zero-order chi connectivity index (χ0) is 16.4. The molecule has 0 saturated carbocycles. The van der Waals surface area contributed by atoms with Gasteiger partial charge in [-0.15, -0.1) is 11.6 Å². The molecule has 1 aromatic carbocycles. The zero-order valence-corrected chi connectivity index (χ0v) is 13.7. The van der Waals surface area contributed by atoms with Crippen LogP contribution in [0.3, 0.4) is 0 Å². The van der Waals surface area contributed by atoms with Crippen LogP contribution in [0.4, 0.5) is 5.82 Å². The van der Waals surface area contributed by atoms with E-state index in [-0.39, 0.29) is 11.8 Å². The van der Waals surface area contributed by atoms with Crippen LogP contribution in [0, 0.1) is 0 Å². The summed E-state index contributed by atoms with van der Waals surface area (Å²) in [7, 11) is 0. The van der Waals surface area contributed by atoms with Gasteiger partial charge < -0.3 is 0 Å². The molecule has 2 N–H and O–H groups in total. The maximum Gasteiger partial charge on any atom is 0.253 e. The number of hydrazine groups is 1. The Hall–Kier alpha value is -2.09. The summed E-state index contributed by atoms with van der Waals surface area (Å²) in [5, 5.41) is 5.76. The number of rotatable bonds is 4. The van der Waals surface area contributed by atoms with Gasteiger partial charge in [0.2, 0.25) is 0 Å². The molecular weight excluding hydrogens is 363 g/mol. The first kappa shape index (κ1) is 15.8. The molecule has 2 heterocycles. The Morgan fingerprint density at radius 3 is 2.78 bits per heavy atom. The molecule has 10 heteroatoms.